The van der Waals surface area contributed by atoms with Crippen LogP contribution in [0.5, 0.6) is 5.75 Å². The molecule has 1 fully saturated rings. The van der Waals surface area contributed by atoms with Crippen LogP contribution in [0.15, 0.2) is 35.5 Å². The summed E-state index contributed by atoms with van der Waals surface area (Å²) in [6.45, 7) is 14.2. The molecule has 1 N–H and O–H groups in total. The number of methoxy groups -OCH3 is 1. The number of pyridine rings is 1. The molecule has 1 aliphatic heterocycles. The van der Waals surface area contributed by atoms with E-state index in [2.05, 4.69) is 66.7 Å². The number of hydrogen-bond donors (Lipinski definition) is 1. The molecular weight excluding hydrogens is 440 g/mol. The number of benzene rings is 1. The van der Waals surface area contributed by atoms with Gasteiger partial charge < -0.3 is 14.6 Å². The fourth-order valence-corrected chi connectivity index (χ4v) is 5.53. The summed E-state index contributed by atoms with van der Waals surface area (Å²) in [5.41, 5.74) is 5.97. The highest BCUT2D eigenvalue weighted by molar-refractivity contribution is 5.85. The Morgan fingerprint density at radius 2 is 2.03 bits per heavy atom. The van der Waals surface area contributed by atoms with Gasteiger partial charge in [0.25, 0.3) is 0 Å². The Bertz CT molecular complexity index is 1420. The van der Waals surface area contributed by atoms with Gasteiger partial charge in [0.05, 0.1) is 24.2 Å². The highest BCUT2D eigenvalue weighted by Crippen LogP contribution is 2.36. The van der Waals surface area contributed by atoms with Crippen LogP contribution >= 0.6 is 0 Å². The van der Waals surface area contributed by atoms with E-state index >= 15 is 0 Å². The minimum atomic E-state index is -0.0289. The number of ether oxygens (including phenoxy) is 1. The van der Waals surface area contributed by atoms with Gasteiger partial charge in [-0.1, -0.05) is 34.6 Å². The van der Waals surface area contributed by atoms with Crippen LogP contribution in [0.4, 0.5) is 0 Å². The predicted octanol–water partition coefficient (Wildman–Crippen LogP) is 4.85. The second kappa shape index (κ2) is 8.82. The number of imidazole rings is 1. The summed E-state index contributed by atoms with van der Waals surface area (Å²) in [5.74, 6) is 0.941. The molecule has 0 saturated carbocycles. The average Bonchev–Trinajstić information content (AvgIpc) is 3.39. The Kier molecular flexibility index (Phi) is 5.95. The van der Waals surface area contributed by atoms with Gasteiger partial charge in [-0.2, -0.15) is 5.10 Å². The number of piperidine rings is 1. The zero-order valence-electron chi connectivity index (χ0n) is 21.6. The molecule has 0 amide bonds. The maximum absolute atomic E-state index is 13.2. The summed E-state index contributed by atoms with van der Waals surface area (Å²) in [4.78, 5) is 23.2. The van der Waals surface area contributed by atoms with E-state index in [1.54, 1.807) is 11.6 Å². The number of aromatic nitrogens is 5. The quantitative estimate of drug-likeness (QED) is 0.445. The lowest BCUT2D eigenvalue weighted by molar-refractivity contribution is 0.131. The van der Waals surface area contributed by atoms with Crippen LogP contribution in [0.25, 0.3) is 27.8 Å². The van der Waals surface area contributed by atoms with Crippen LogP contribution in [0.1, 0.15) is 65.0 Å². The van der Waals surface area contributed by atoms with Crippen molar-refractivity contribution in [1.29, 1.82) is 0 Å². The van der Waals surface area contributed by atoms with E-state index in [1.807, 2.05) is 16.8 Å². The number of nitrogens with one attached hydrogen (secondary N) is 1. The van der Waals surface area contributed by atoms with Gasteiger partial charge in [-0.05, 0) is 60.0 Å². The van der Waals surface area contributed by atoms with Crippen molar-refractivity contribution in [3.8, 4) is 16.9 Å². The van der Waals surface area contributed by atoms with Gasteiger partial charge >= 0.3 is 5.69 Å². The molecule has 8 heteroatoms. The molecule has 35 heavy (non-hydrogen) atoms. The Morgan fingerprint density at radius 3 is 2.74 bits per heavy atom. The molecule has 3 aromatic heterocycles. The highest BCUT2D eigenvalue weighted by atomic mass is 16.5. The van der Waals surface area contributed by atoms with E-state index in [0.717, 1.165) is 54.6 Å². The van der Waals surface area contributed by atoms with Crippen molar-refractivity contribution in [2.24, 2.45) is 5.41 Å². The van der Waals surface area contributed by atoms with Crippen LogP contribution < -0.4 is 10.4 Å². The summed E-state index contributed by atoms with van der Waals surface area (Å²) in [6, 6.07) is 6.48. The first-order valence-corrected chi connectivity index (χ1v) is 12.5. The van der Waals surface area contributed by atoms with E-state index < -0.39 is 0 Å². The van der Waals surface area contributed by atoms with Crippen LogP contribution in [0, 0.1) is 5.41 Å². The molecule has 5 rings (SSSR count). The highest BCUT2D eigenvalue weighted by Gasteiger charge is 2.27. The van der Waals surface area contributed by atoms with Crippen molar-refractivity contribution in [2.45, 2.75) is 59.4 Å². The molecule has 0 spiro atoms. The first kappa shape index (κ1) is 23.6. The molecule has 1 atom stereocenters. The Hall–Kier alpha value is -3.13. The third-order valence-electron chi connectivity index (χ3n) is 6.93. The van der Waals surface area contributed by atoms with Crippen molar-refractivity contribution in [1.82, 2.24) is 29.0 Å². The number of rotatable bonds is 5. The molecule has 0 radical (unpaired) electrons. The number of likely N-dealkylation sites (tertiary alicyclic amines) is 1. The fourth-order valence-electron chi connectivity index (χ4n) is 5.53. The van der Waals surface area contributed by atoms with Crippen molar-refractivity contribution in [3.63, 3.8) is 0 Å². The van der Waals surface area contributed by atoms with Gasteiger partial charge in [0.2, 0.25) is 0 Å². The topological polar surface area (TPSA) is 80.5 Å². The van der Waals surface area contributed by atoms with E-state index in [1.165, 1.54) is 11.9 Å². The van der Waals surface area contributed by atoms with Crippen molar-refractivity contribution in [3.05, 3.63) is 46.8 Å². The van der Waals surface area contributed by atoms with E-state index in [-0.39, 0.29) is 23.1 Å². The molecule has 0 aliphatic carbocycles. The Morgan fingerprint density at radius 1 is 1.23 bits per heavy atom. The minimum absolute atomic E-state index is 0.0289. The number of H-pyrrole nitrogens is 1. The molecular formula is C27H36N6O2. The zero-order valence-corrected chi connectivity index (χ0v) is 21.6. The van der Waals surface area contributed by atoms with Crippen LogP contribution in [0.2, 0.25) is 0 Å². The molecule has 1 saturated heterocycles. The number of aromatic amines is 1. The van der Waals surface area contributed by atoms with Crippen LogP contribution in [0.3, 0.4) is 0 Å². The monoisotopic (exact) mass is 476 g/mol. The third-order valence-corrected chi connectivity index (χ3v) is 6.93. The van der Waals surface area contributed by atoms with E-state index in [9.17, 15) is 4.79 Å². The second-order valence-corrected chi connectivity index (χ2v) is 11.3. The van der Waals surface area contributed by atoms with Gasteiger partial charge in [0.1, 0.15) is 6.33 Å². The van der Waals surface area contributed by atoms with Gasteiger partial charge in [0.15, 0.2) is 11.4 Å². The van der Waals surface area contributed by atoms with Crippen LogP contribution in [-0.4, -0.2) is 55.8 Å². The number of nitrogens with zero attached hydrogens (tertiary/aromatic N) is 5. The maximum Gasteiger partial charge on any atom is 0.326 e. The van der Waals surface area contributed by atoms with Crippen molar-refractivity contribution >= 4 is 16.7 Å². The van der Waals surface area contributed by atoms with Crippen molar-refractivity contribution in [2.75, 3.05) is 26.7 Å². The standard InChI is InChI=1S/C27H36N6O2/c1-17(2)20-12-23-22(11-21(20)18-10-24(35-6)25-28-16-29-32(25)13-18)30-26(34)33(23)19-8-7-9-31(14-19)15-27(3,4)5/h10-13,16-17,19H,7-9,14-15H2,1-6H3,(H,30,34). The largest absolute Gasteiger partial charge is 0.493 e. The average molecular weight is 477 g/mol. The third kappa shape index (κ3) is 4.47. The van der Waals surface area contributed by atoms with Crippen LogP contribution in [-0.2, 0) is 0 Å². The Balaban J connectivity index is 1.61. The van der Waals surface area contributed by atoms with E-state index in [4.69, 9.17) is 4.74 Å². The summed E-state index contributed by atoms with van der Waals surface area (Å²) in [6.07, 6.45) is 5.62. The minimum Gasteiger partial charge on any atom is -0.493 e. The molecule has 1 aliphatic rings. The van der Waals surface area contributed by atoms with E-state index in [0.29, 0.717) is 11.4 Å². The van der Waals surface area contributed by atoms with Gasteiger partial charge in [-0.25, -0.2) is 14.3 Å². The smallest absolute Gasteiger partial charge is 0.326 e. The normalized spacial score (nSPS) is 17.6. The fraction of sp³-hybridized carbons (Fsp3) is 0.519. The lowest BCUT2D eigenvalue weighted by Gasteiger charge is -2.37. The maximum atomic E-state index is 13.2. The van der Waals surface area contributed by atoms with Gasteiger partial charge in [-0.15, -0.1) is 0 Å². The lowest BCUT2D eigenvalue weighted by Crippen LogP contribution is -2.42. The first-order valence-electron chi connectivity index (χ1n) is 12.5. The van der Waals surface area contributed by atoms with Gasteiger partial charge in [0, 0.05) is 24.8 Å². The zero-order chi connectivity index (χ0) is 24.9. The Labute approximate surface area is 205 Å². The summed E-state index contributed by atoms with van der Waals surface area (Å²) in [5, 5.41) is 4.32. The predicted molar refractivity (Wildman–Crippen MR) is 139 cm³/mol. The molecule has 4 aromatic rings. The second-order valence-electron chi connectivity index (χ2n) is 11.3. The molecule has 1 unspecified atom stereocenters. The summed E-state index contributed by atoms with van der Waals surface area (Å²) in [7, 11) is 1.64. The van der Waals surface area contributed by atoms with Gasteiger partial charge in [-0.3, -0.25) is 4.57 Å². The summed E-state index contributed by atoms with van der Waals surface area (Å²) < 4.78 is 9.33. The lowest BCUT2D eigenvalue weighted by atomic mass is 9.92. The SMILES string of the molecule is COc1cc(-c2cc3[nH]c(=O)n(C4CCCN(CC(C)(C)C)C4)c3cc2C(C)C)cn2ncnc12. The molecule has 8 nitrogen and oxygen atoms in total. The molecule has 1 aromatic carbocycles. The molecule has 0 bridgehead atoms. The number of fused-ring (bicyclic) bond motifs is 2. The number of hydrogen-bond acceptors (Lipinski definition) is 5. The molecule has 186 valence electrons. The van der Waals surface area contributed by atoms with Crippen molar-refractivity contribution < 1.29 is 4.74 Å². The molecule has 4 heterocycles. The first-order chi connectivity index (χ1) is 16.6. The summed E-state index contributed by atoms with van der Waals surface area (Å²) >= 11 is 0.